The number of nitrogens with two attached hydrogens (primary N) is 1. The monoisotopic (exact) mass is 217 g/mol. The Labute approximate surface area is 89.8 Å². The Bertz CT molecular complexity index is 267. The predicted octanol–water partition coefficient (Wildman–Crippen LogP) is 1.42. The molecule has 0 bridgehead atoms. The lowest BCUT2D eigenvalue weighted by atomic mass is 9.53. The van der Waals surface area contributed by atoms with Crippen LogP contribution in [0, 0.1) is 17.3 Å². The third kappa shape index (κ3) is 1.55. The molecular formula is C10H16ClNO2. The van der Waals surface area contributed by atoms with Gasteiger partial charge in [-0.25, -0.2) is 0 Å². The number of carboxylic acids is 1. The Kier molecular flexibility index (Phi) is 3.22. The Morgan fingerprint density at radius 2 is 2.36 bits per heavy atom. The van der Waals surface area contributed by atoms with Crippen LogP contribution in [0.15, 0.2) is 12.2 Å². The lowest BCUT2D eigenvalue weighted by Crippen LogP contribution is -2.51. The molecule has 2 aliphatic carbocycles. The molecular weight excluding hydrogens is 202 g/mol. The summed E-state index contributed by atoms with van der Waals surface area (Å²) in [5, 5.41) is 8.79. The van der Waals surface area contributed by atoms with Crippen molar-refractivity contribution in [2.75, 3.05) is 6.54 Å². The van der Waals surface area contributed by atoms with Crippen molar-refractivity contribution in [2.45, 2.75) is 19.3 Å². The van der Waals surface area contributed by atoms with E-state index in [-0.39, 0.29) is 24.2 Å². The standard InChI is InChI=1S/C10H15NO2.ClH/c11-6-10(5-9(12)13)4-7-2-1-3-8(7)10;/h1,3,7-8H,2,4-6,11H2,(H,12,13);1H. The van der Waals surface area contributed by atoms with Gasteiger partial charge in [0, 0.05) is 0 Å². The van der Waals surface area contributed by atoms with Crippen molar-refractivity contribution < 1.29 is 9.90 Å². The molecule has 0 saturated heterocycles. The first-order chi connectivity index (χ1) is 6.18. The molecule has 2 rings (SSSR count). The summed E-state index contributed by atoms with van der Waals surface area (Å²) >= 11 is 0. The fourth-order valence-electron chi connectivity index (χ4n) is 2.90. The lowest BCUT2D eigenvalue weighted by molar-refractivity contribution is -0.144. The van der Waals surface area contributed by atoms with Crippen LogP contribution in [-0.4, -0.2) is 17.6 Å². The number of allylic oxidation sites excluding steroid dienone is 2. The minimum Gasteiger partial charge on any atom is -0.481 e. The van der Waals surface area contributed by atoms with E-state index in [0.29, 0.717) is 18.4 Å². The van der Waals surface area contributed by atoms with Crippen LogP contribution in [0.3, 0.4) is 0 Å². The van der Waals surface area contributed by atoms with Crippen LogP contribution in [0.4, 0.5) is 0 Å². The Morgan fingerprint density at radius 1 is 1.64 bits per heavy atom. The van der Waals surface area contributed by atoms with Gasteiger partial charge in [0.05, 0.1) is 6.42 Å². The Balaban J connectivity index is 0.000000980. The van der Waals surface area contributed by atoms with E-state index in [1.165, 1.54) is 0 Å². The number of carbonyl (C=O) groups is 1. The molecule has 0 aromatic carbocycles. The van der Waals surface area contributed by atoms with Crippen LogP contribution in [0.25, 0.3) is 0 Å². The molecule has 4 heteroatoms. The maximum atomic E-state index is 10.7. The van der Waals surface area contributed by atoms with E-state index in [9.17, 15) is 4.79 Å². The van der Waals surface area contributed by atoms with Crippen LogP contribution in [-0.2, 0) is 4.79 Å². The highest BCUT2D eigenvalue weighted by Gasteiger charge is 2.53. The van der Waals surface area contributed by atoms with Gasteiger partial charge in [0.15, 0.2) is 0 Å². The maximum Gasteiger partial charge on any atom is 0.303 e. The number of hydrogen-bond acceptors (Lipinski definition) is 2. The second kappa shape index (κ2) is 3.91. The van der Waals surface area contributed by atoms with Gasteiger partial charge in [-0.3, -0.25) is 4.79 Å². The normalized spacial score (nSPS) is 38.4. The minimum absolute atomic E-state index is 0. The number of fused-ring (bicyclic) bond motifs is 1. The first kappa shape index (κ1) is 11.5. The summed E-state index contributed by atoms with van der Waals surface area (Å²) in [6, 6.07) is 0. The molecule has 3 N–H and O–H groups in total. The van der Waals surface area contributed by atoms with Crippen molar-refractivity contribution in [1.82, 2.24) is 0 Å². The van der Waals surface area contributed by atoms with Crippen molar-refractivity contribution in [3.8, 4) is 0 Å². The van der Waals surface area contributed by atoms with Crippen molar-refractivity contribution in [1.29, 1.82) is 0 Å². The van der Waals surface area contributed by atoms with Gasteiger partial charge in [0.1, 0.15) is 0 Å². The summed E-state index contributed by atoms with van der Waals surface area (Å²) in [4.78, 5) is 10.7. The number of aliphatic carboxylic acids is 1. The second-order valence-electron chi connectivity index (χ2n) is 4.29. The van der Waals surface area contributed by atoms with Gasteiger partial charge in [-0.1, -0.05) is 12.2 Å². The molecule has 0 aliphatic heterocycles. The van der Waals surface area contributed by atoms with Crippen LogP contribution in [0.2, 0.25) is 0 Å². The largest absolute Gasteiger partial charge is 0.481 e. The lowest BCUT2D eigenvalue weighted by Gasteiger charge is -2.51. The molecule has 80 valence electrons. The van der Waals surface area contributed by atoms with Crippen molar-refractivity contribution in [3.63, 3.8) is 0 Å². The molecule has 0 aromatic heterocycles. The summed E-state index contributed by atoms with van der Waals surface area (Å²) in [5.74, 6) is 0.403. The van der Waals surface area contributed by atoms with Gasteiger partial charge in [0.25, 0.3) is 0 Å². The quantitative estimate of drug-likeness (QED) is 0.703. The third-order valence-corrected chi connectivity index (χ3v) is 3.58. The molecule has 3 atom stereocenters. The average Bonchev–Trinajstić information content (AvgIpc) is 2.43. The Hall–Kier alpha value is -0.540. The van der Waals surface area contributed by atoms with Gasteiger partial charge >= 0.3 is 5.97 Å². The summed E-state index contributed by atoms with van der Waals surface area (Å²) in [6.45, 7) is 0.505. The van der Waals surface area contributed by atoms with E-state index in [4.69, 9.17) is 10.8 Å². The minimum atomic E-state index is -0.718. The topological polar surface area (TPSA) is 63.3 Å². The van der Waals surface area contributed by atoms with Gasteiger partial charge < -0.3 is 10.8 Å². The first-order valence-corrected chi connectivity index (χ1v) is 4.76. The van der Waals surface area contributed by atoms with E-state index in [0.717, 1.165) is 12.8 Å². The molecule has 2 aliphatic rings. The van der Waals surface area contributed by atoms with E-state index in [1.54, 1.807) is 0 Å². The zero-order valence-electron chi connectivity index (χ0n) is 7.98. The van der Waals surface area contributed by atoms with Crippen molar-refractivity contribution in [3.05, 3.63) is 12.2 Å². The third-order valence-electron chi connectivity index (χ3n) is 3.58. The molecule has 0 amide bonds. The predicted molar refractivity (Wildman–Crippen MR) is 56.3 cm³/mol. The second-order valence-corrected chi connectivity index (χ2v) is 4.29. The molecule has 3 nitrogen and oxygen atoms in total. The summed E-state index contributed by atoms with van der Waals surface area (Å²) in [6.07, 6.45) is 6.66. The molecule has 0 spiro atoms. The van der Waals surface area contributed by atoms with Crippen LogP contribution in [0.5, 0.6) is 0 Å². The highest BCUT2D eigenvalue weighted by molar-refractivity contribution is 5.85. The smallest absolute Gasteiger partial charge is 0.303 e. The highest BCUT2D eigenvalue weighted by Crippen LogP contribution is 2.57. The maximum absolute atomic E-state index is 10.7. The van der Waals surface area contributed by atoms with Gasteiger partial charge in [0.2, 0.25) is 0 Å². The fraction of sp³-hybridized carbons (Fsp3) is 0.700. The Morgan fingerprint density at radius 3 is 2.86 bits per heavy atom. The number of hydrogen-bond donors (Lipinski definition) is 2. The molecule has 1 fully saturated rings. The first-order valence-electron chi connectivity index (χ1n) is 4.76. The van der Waals surface area contributed by atoms with Crippen LogP contribution >= 0.6 is 12.4 Å². The molecule has 0 radical (unpaired) electrons. The van der Waals surface area contributed by atoms with Crippen molar-refractivity contribution in [2.24, 2.45) is 23.0 Å². The van der Waals surface area contributed by atoms with Gasteiger partial charge in [-0.15, -0.1) is 12.4 Å². The van der Waals surface area contributed by atoms with E-state index in [2.05, 4.69) is 12.2 Å². The number of carboxylic acid groups (broad SMARTS) is 1. The molecule has 14 heavy (non-hydrogen) atoms. The van der Waals surface area contributed by atoms with E-state index < -0.39 is 5.97 Å². The van der Waals surface area contributed by atoms with Gasteiger partial charge in [-0.05, 0) is 36.6 Å². The van der Waals surface area contributed by atoms with Crippen molar-refractivity contribution >= 4 is 18.4 Å². The van der Waals surface area contributed by atoms with E-state index in [1.807, 2.05) is 0 Å². The van der Waals surface area contributed by atoms with Crippen LogP contribution < -0.4 is 5.73 Å². The SMILES string of the molecule is Cl.NCC1(CC(=O)O)CC2CC=CC21. The zero-order valence-corrected chi connectivity index (χ0v) is 8.80. The van der Waals surface area contributed by atoms with Crippen LogP contribution in [0.1, 0.15) is 19.3 Å². The average molecular weight is 218 g/mol. The van der Waals surface area contributed by atoms with Gasteiger partial charge in [-0.2, -0.15) is 0 Å². The molecule has 0 heterocycles. The molecule has 1 saturated carbocycles. The highest BCUT2D eigenvalue weighted by atomic mass is 35.5. The summed E-state index contributed by atoms with van der Waals surface area (Å²) in [7, 11) is 0. The fourth-order valence-corrected chi connectivity index (χ4v) is 2.90. The zero-order chi connectivity index (χ0) is 9.47. The number of halogens is 1. The summed E-state index contributed by atoms with van der Waals surface area (Å²) in [5.41, 5.74) is 5.55. The number of rotatable bonds is 3. The molecule has 3 unspecified atom stereocenters. The molecule has 0 aromatic rings. The van der Waals surface area contributed by atoms with E-state index >= 15 is 0 Å². The summed E-state index contributed by atoms with van der Waals surface area (Å²) < 4.78 is 0.